The van der Waals surface area contributed by atoms with Gasteiger partial charge in [0.05, 0.1) is 0 Å². The number of esters is 1. The molecule has 0 heterocycles. The van der Waals surface area contributed by atoms with Gasteiger partial charge in [0.2, 0.25) is 5.91 Å². The molecule has 1 aromatic carbocycles. The van der Waals surface area contributed by atoms with Gasteiger partial charge in [0.25, 0.3) is 5.91 Å². The molecule has 0 aliphatic carbocycles. The number of ketones is 1. The highest BCUT2D eigenvalue weighted by atomic mass is 16.6. The van der Waals surface area contributed by atoms with Gasteiger partial charge in [0.1, 0.15) is 11.8 Å². The summed E-state index contributed by atoms with van der Waals surface area (Å²) in [5, 5.41) is 5.08. The molecule has 2 N–H and O–H groups in total. The number of carbonyl (C=O) groups is 4. The van der Waals surface area contributed by atoms with Crippen molar-refractivity contribution in [1.29, 1.82) is 0 Å². The monoisotopic (exact) mass is 364 g/mol. The molecular formula is C18H24N2O6. The average Bonchev–Trinajstić information content (AvgIpc) is 2.62. The number of hydrogen-bond donors (Lipinski definition) is 2. The summed E-state index contributed by atoms with van der Waals surface area (Å²) in [7, 11) is 0. The number of benzene rings is 1. The molecule has 0 aromatic heterocycles. The van der Waals surface area contributed by atoms with Crippen molar-refractivity contribution in [3.63, 3.8) is 0 Å². The van der Waals surface area contributed by atoms with E-state index in [0.29, 0.717) is 17.9 Å². The Bertz CT molecular complexity index is 642. The molecule has 0 fully saturated rings. The predicted molar refractivity (Wildman–Crippen MR) is 93.8 cm³/mol. The molecule has 1 rings (SSSR count). The fraction of sp³-hybridized carbons (Fsp3) is 0.444. The summed E-state index contributed by atoms with van der Waals surface area (Å²) < 4.78 is 10.0. The summed E-state index contributed by atoms with van der Waals surface area (Å²) in [6.45, 7) is 4.56. The van der Waals surface area contributed by atoms with E-state index in [-0.39, 0.29) is 18.3 Å². The first-order valence-corrected chi connectivity index (χ1v) is 8.30. The SMILES string of the molecule is CCCNC(=O)[C@@H](C)NC(=O)COC(=O)COc1ccc(C(C)=O)cc1. The molecule has 0 unspecified atom stereocenters. The summed E-state index contributed by atoms with van der Waals surface area (Å²) in [6.07, 6.45) is 0.793. The fourth-order valence-electron chi connectivity index (χ4n) is 1.87. The van der Waals surface area contributed by atoms with Gasteiger partial charge in [-0.25, -0.2) is 4.79 Å². The Kier molecular flexibility index (Phi) is 8.83. The second kappa shape index (κ2) is 10.9. The smallest absolute Gasteiger partial charge is 0.344 e. The zero-order valence-corrected chi connectivity index (χ0v) is 15.2. The third-order valence-corrected chi connectivity index (χ3v) is 3.30. The number of Topliss-reactive ketones (excluding diaryl/α,β-unsaturated/α-hetero) is 1. The van der Waals surface area contributed by atoms with Crippen LogP contribution in [0.4, 0.5) is 0 Å². The molecule has 0 radical (unpaired) electrons. The van der Waals surface area contributed by atoms with E-state index in [1.165, 1.54) is 6.92 Å². The Morgan fingerprint density at radius 3 is 2.31 bits per heavy atom. The Hall–Kier alpha value is -2.90. The highest BCUT2D eigenvalue weighted by Crippen LogP contribution is 2.12. The second-order valence-electron chi connectivity index (χ2n) is 5.61. The maximum Gasteiger partial charge on any atom is 0.344 e. The molecule has 0 saturated heterocycles. The normalized spacial score (nSPS) is 11.2. The van der Waals surface area contributed by atoms with Crippen molar-refractivity contribution in [3.05, 3.63) is 29.8 Å². The van der Waals surface area contributed by atoms with Crippen LogP contribution >= 0.6 is 0 Å². The van der Waals surface area contributed by atoms with Crippen molar-refractivity contribution >= 4 is 23.6 Å². The van der Waals surface area contributed by atoms with E-state index < -0.39 is 24.5 Å². The summed E-state index contributed by atoms with van der Waals surface area (Å²) in [5.74, 6) is -1.27. The van der Waals surface area contributed by atoms with Crippen molar-refractivity contribution in [2.45, 2.75) is 33.2 Å². The van der Waals surface area contributed by atoms with Crippen LogP contribution in [-0.4, -0.2) is 49.4 Å². The summed E-state index contributed by atoms with van der Waals surface area (Å²) in [6, 6.07) is 5.58. The van der Waals surface area contributed by atoms with E-state index in [1.54, 1.807) is 31.2 Å². The van der Waals surface area contributed by atoms with Gasteiger partial charge in [-0.1, -0.05) is 6.92 Å². The highest BCUT2D eigenvalue weighted by Gasteiger charge is 2.16. The lowest BCUT2D eigenvalue weighted by Crippen LogP contribution is -2.46. The van der Waals surface area contributed by atoms with Gasteiger partial charge in [0.15, 0.2) is 19.0 Å². The molecule has 0 saturated carbocycles. The van der Waals surface area contributed by atoms with Crippen molar-refractivity contribution in [1.82, 2.24) is 10.6 Å². The molecule has 26 heavy (non-hydrogen) atoms. The van der Waals surface area contributed by atoms with Crippen LogP contribution in [0.15, 0.2) is 24.3 Å². The van der Waals surface area contributed by atoms with Crippen LogP contribution in [-0.2, 0) is 19.1 Å². The largest absolute Gasteiger partial charge is 0.482 e. The van der Waals surface area contributed by atoms with Crippen LogP contribution in [0.5, 0.6) is 5.75 Å². The minimum absolute atomic E-state index is 0.0698. The zero-order chi connectivity index (χ0) is 19.5. The first-order chi connectivity index (χ1) is 12.3. The first kappa shape index (κ1) is 21.1. The fourth-order valence-corrected chi connectivity index (χ4v) is 1.87. The maximum absolute atomic E-state index is 11.7. The summed E-state index contributed by atoms with van der Waals surface area (Å²) >= 11 is 0. The molecule has 1 atom stereocenters. The lowest BCUT2D eigenvalue weighted by atomic mass is 10.1. The van der Waals surface area contributed by atoms with E-state index in [9.17, 15) is 19.2 Å². The van der Waals surface area contributed by atoms with Crippen molar-refractivity contribution in [2.24, 2.45) is 0 Å². The lowest BCUT2D eigenvalue weighted by Gasteiger charge is -2.14. The van der Waals surface area contributed by atoms with Crippen molar-refractivity contribution < 1.29 is 28.7 Å². The van der Waals surface area contributed by atoms with E-state index in [0.717, 1.165) is 6.42 Å². The Labute approximate surface area is 152 Å². The van der Waals surface area contributed by atoms with Gasteiger partial charge < -0.3 is 20.1 Å². The Balaban J connectivity index is 2.29. The minimum Gasteiger partial charge on any atom is -0.482 e. The van der Waals surface area contributed by atoms with Gasteiger partial charge >= 0.3 is 5.97 Å². The first-order valence-electron chi connectivity index (χ1n) is 8.30. The third kappa shape index (κ3) is 7.78. The van der Waals surface area contributed by atoms with Gasteiger partial charge in [-0.05, 0) is 44.5 Å². The highest BCUT2D eigenvalue weighted by molar-refractivity contribution is 5.94. The second-order valence-corrected chi connectivity index (χ2v) is 5.61. The lowest BCUT2D eigenvalue weighted by molar-refractivity contribution is -0.150. The molecule has 0 spiro atoms. The topological polar surface area (TPSA) is 111 Å². The molecule has 0 aliphatic rings. The van der Waals surface area contributed by atoms with Crippen LogP contribution < -0.4 is 15.4 Å². The number of ether oxygens (including phenoxy) is 2. The third-order valence-electron chi connectivity index (χ3n) is 3.30. The van der Waals surface area contributed by atoms with Crippen LogP contribution in [0, 0.1) is 0 Å². The van der Waals surface area contributed by atoms with Gasteiger partial charge in [0, 0.05) is 12.1 Å². The summed E-state index contributed by atoms with van der Waals surface area (Å²) in [5.41, 5.74) is 0.536. The molecule has 0 bridgehead atoms. The summed E-state index contributed by atoms with van der Waals surface area (Å²) in [4.78, 5) is 46.1. The Morgan fingerprint density at radius 1 is 1.08 bits per heavy atom. The van der Waals surface area contributed by atoms with Gasteiger partial charge in [-0.3, -0.25) is 14.4 Å². The van der Waals surface area contributed by atoms with Crippen molar-refractivity contribution in [2.75, 3.05) is 19.8 Å². The number of amides is 2. The average molecular weight is 364 g/mol. The van der Waals surface area contributed by atoms with Crippen LogP contribution in [0.25, 0.3) is 0 Å². The molecule has 8 heteroatoms. The van der Waals surface area contributed by atoms with Gasteiger partial charge in [-0.15, -0.1) is 0 Å². The standard InChI is InChI=1S/C18H24N2O6/c1-4-9-19-18(24)12(2)20-16(22)10-26-17(23)11-25-15-7-5-14(6-8-15)13(3)21/h5-8,12H,4,9-11H2,1-3H3,(H,19,24)(H,20,22)/t12-/m1/s1. The Morgan fingerprint density at radius 2 is 1.73 bits per heavy atom. The molecule has 1 aromatic rings. The maximum atomic E-state index is 11.7. The number of nitrogens with one attached hydrogen (secondary N) is 2. The van der Waals surface area contributed by atoms with Gasteiger partial charge in [-0.2, -0.15) is 0 Å². The molecular weight excluding hydrogens is 340 g/mol. The number of rotatable bonds is 10. The van der Waals surface area contributed by atoms with E-state index in [1.807, 2.05) is 6.92 Å². The van der Waals surface area contributed by atoms with Crippen LogP contribution in [0.2, 0.25) is 0 Å². The van der Waals surface area contributed by atoms with Crippen LogP contribution in [0.3, 0.4) is 0 Å². The zero-order valence-electron chi connectivity index (χ0n) is 15.2. The van der Waals surface area contributed by atoms with E-state index >= 15 is 0 Å². The van der Waals surface area contributed by atoms with E-state index in [4.69, 9.17) is 9.47 Å². The predicted octanol–water partition coefficient (Wildman–Crippen LogP) is 0.842. The molecule has 8 nitrogen and oxygen atoms in total. The minimum atomic E-state index is -0.723. The quantitative estimate of drug-likeness (QED) is 0.470. The van der Waals surface area contributed by atoms with Crippen LogP contribution in [0.1, 0.15) is 37.6 Å². The molecule has 2 amide bonds. The number of hydrogen-bond acceptors (Lipinski definition) is 6. The molecule has 0 aliphatic heterocycles. The number of carbonyl (C=O) groups excluding carboxylic acids is 4. The molecule has 142 valence electrons. The van der Waals surface area contributed by atoms with Crippen molar-refractivity contribution in [3.8, 4) is 5.75 Å². The van der Waals surface area contributed by atoms with E-state index in [2.05, 4.69) is 10.6 Å².